The van der Waals surface area contributed by atoms with E-state index >= 15 is 0 Å². The van der Waals surface area contributed by atoms with Gasteiger partial charge in [0, 0.05) is 24.3 Å². The van der Waals surface area contributed by atoms with Gasteiger partial charge in [0.1, 0.15) is 5.60 Å². The Balaban J connectivity index is 2.01. The maximum atomic E-state index is 11.7. The van der Waals surface area contributed by atoms with E-state index in [4.69, 9.17) is 4.74 Å². The first-order chi connectivity index (χ1) is 9.76. The van der Waals surface area contributed by atoms with Gasteiger partial charge < -0.3 is 9.64 Å². The van der Waals surface area contributed by atoms with Crippen molar-refractivity contribution in [2.45, 2.75) is 52.2 Å². The molecule has 0 unspecified atom stereocenters. The Morgan fingerprint density at radius 3 is 2.19 bits per heavy atom. The molecule has 1 aliphatic rings. The molecule has 1 aromatic carbocycles. The van der Waals surface area contributed by atoms with E-state index in [0.717, 1.165) is 18.5 Å². The van der Waals surface area contributed by atoms with Crippen LogP contribution in [0.5, 0.6) is 0 Å². The molecule has 114 valence electrons. The number of carbonyl (C=O) groups is 2. The Kier molecular flexibility index (Phi) is 4.21. The van der Waals surface area contributed by atoms with Gasteiger partial charge in [-0.3, -0.25) is 10.1 Å². The summed E-state index contributed by atoms with van der Waals surface area (Å²) in [6, 6.07) is 7.56. The lowest BCUT2D eigenvalue weighted by Gasteiger charge is -2.22. The van der Waals surface area contributed by atoms with E-state index in [1.54, 1.807) is 24.0 Å². The Labute approximate surface area is 125 Å². The molecule has 0 radical (unpaired) electrons. The van der Waals surface area contributed by atoms with Gasteiger partial charge >= 0.3 is 6.09 Å². The third-order valence-corrected chi connectivity index (χ3v) is 3.04. The molecule has 0 aliphatic heterocycles. The molecule has 1 aromatic rings. The standard InChI is InChI=1S/C16H22N2O3/c1-11(19)18(14-9-10-14)13-7-5-12(6-8-13)17-15(20)21-16(2,3)4/h5-8,14H,9-10H2,1-4H3,(H,17,20). The number of hydrogen-bond donors (Lipinski definition) is 1. The maximum absolute atomic E-state index is 11.7. The lowest BCUT2D eigenvalue weighted by Crippen LogP contribution is -2.30. The van der Waals surface area contributed by atoms with Gasteiger partial charge in [0.15, 0.2) is 0 Å². The van der Waals surface area contributed by atoms with E-state index < -0.39 is 11.7 Å². The normalized spacial score (nSPS) is 14.5. The van der Waals surface area contributed by atoms with Gasteiger partial charge in [-0.05, 0) is 57.9 Å². The van der Waals surface area contributed by atoms with Gasteiger partial charge in [-0.2, -0.15) is 0 Å². The van der Waals surface area contributed by atoms with Gasteiger partial charge in [-0.1, -0.05) is 0 Å². The molecule has 1 saturated carbocycles. The summed E-state index contributed by atoms with van der Waals surface area (Å²) in [5.41, 5.74) is 0.980. The number of benzene rings is 1. The van der Waals surface area contributed by atoms with Crippen molar-refractivity contribution in [3.05, 3.63) is 24.3 Å². The second kappa shape index (κ2) is 5.76. The van der Waals surface area contributed by atoms with E-state index in [1.807, 2.05) is 32.9 Å². The van der Waals surface area contributed by atoms with Crippen molar-refractivity contribution >= 4 is 23.4 Å². The summed E-state index contributed by atoms with van der Waals surface area (Å²) < 4.78 is 5.19. The Morgan fingerprint density at radius 1 is 1.19 bits per heavy atom. The van der Waals surface area contributed by atoms with Gasteiger partial charge in [0.25, 0.3) is 0 Å². The number of ether oxygens (including phenoxy) is 1. The van der Waals surface area contributed by atoms with E-state index in [9.17, 15) is 9.59 Å². The Bertz CT molecular complexity index is 527. The number of nitrogens with one attached hydrogen (secondary N) is 1. The quantitative estimate of drug-likeness (QED) is 0.926. The molecule has 2 amide bonds. The first kappa shape index (κ1) is 15.4. The molecule has 21 heavy (non-hydrogen) atoms. The number of hydrogen-bond acceptors (Lipinski definition) is 3. The summed E-state index contributed by atoms with van der Waals surface area (Å²) >= 11 is 0. The molecular weight excluding hydrogens is 268 g/mol. The lowest BCUT2D eigenvalue weighted by molar-refractivity contribution is -0.116. The van der Waals surface area contributed by atoms with E-state index in [2.05, 4.69) is 5.32 Å². The van der Waals surface area contributed by atoms with Crippen LogP contribution in [0, 0.1) is 0 Å². The molecule has 1 aliphatic carbocycles. The van der Waals surface area contributed by atoms with E-state index in [0.29, 0.717) is 11.7 Å². The van der Waals surface area contributed by atoms with Crippen LogP contribution in [0.4, 0.5) is 16.2 Å². The molecule has 1 fully saturated rings. The predicted octanol–water partition coefficient (Wildman–Crippen LogP) is 3.55. The fourth-order valence-corrected chi connectivity index (χ4v) is 2.11. The maximum Gasteiger partial charge on any atom is 0.412 e. The molecule has 0 saturated heterocycles. The topological polar surface area (TPSA) is 58.6 Å². The Morgan fingerprint density at radius 2 is 1.76 bits per heavy atom. The molecule has 0 atom stereocenters. The second-order valence-electron chi connectivity index (χ2n) is 6.29. The molecule has 5 nitrogen and oxygen atoms in total. The summed E-state index contributed by atoms with van der Waals surface area (Å²) in [6.45, 7) is 7.02. The summed E-state index contributed by atoms with van der Waals surface area (Å²) in [7, 11) is 0. The highest BCUT2D eigenvalue weighted by molar-refractivity contribution is 5.93. The number of anilines is 2. The zero-order valence-electron chi connectivity index (χ0n) is 13.0. The van der Waals surface area contributed by atoms with Crippen LogP contribution in [-0.2, 0) is 9.53 Å². The highest BCUT2D eigenvalue weighted by Gasteiger charge is 2.31. The van der Waals surface area contributed by atoms with Crippen molar-refractivity contribution in [3.63, 3.8) is 0 Å². The van der Waals surface area contributed by atoms with Crippen molar-refractivity contribution in [2.75, 3.05) is 10.2 Å². The third kappa shape index (κ3) is 4.48. The van der Waals surface area contributed by atoms with Crippen LogP contribution < -0.4 is 10.2 Å². The Hall–Kier alpha value is -2.04. The first-order valence-corrected chi connectivity index (χ1v) is 7.16. The summed E-state index contributed by atoms with van der Waals surface area (Å²) in [4.78, 5) is 25.2. The van der Waals surface area contributed by atoms with Crippen molar-refractivity contribution in [1.82, 2.24) is 0 Å². The third-order valence-electron chi connectivity index (χ3n) is 3.04. The van der Waals surface area contributed by atoms with Gasteiger partial charge in [-0.25, -0.2) is 4.79 Å². The van der Waals surface area contributed by atoms with Crippen LogP contribution in [0.1, 0.15) is 40.5 Å². The molecule has 0 bridgehead atoms. The van der Waals surface area contributed by atoms with Crippen LogP contribution in [0.3, 0.4) is 0 Å². The fourth-order valence-electron chi connectivity index (χ4n) is 2.11. The number of nitrogens with zero attached hydrogens (tertiary/aromatic N) is 1. The van der Waals surface area contributed by atoms with Crippen LogP contribution in [-0.4, -0.2) is 23.6 Å². The SMILES string of the molecule is CC(=O)N(c1ccc(NC(=O)OC(C)(C)C)cc1)C1CC1. The number of carbonyl (C=O) groups excluding carboxylic acids is 2. The van der Waals surface area contributed by atoms with E-state index in [-0.39, 0.29) is 5.91 Å². The lowest BCUT2D eigenvalue weighted by atomic mass is 10.2. The smallest absolute Gasteiger partial charge is 0.412 e. The predicted molar refractivity (Wildman–Crippen MR) is 82.5 cm³/mol. The molecule has 2 rings (SSSR count). The highest BCUT2D eigenvalue weighted by atomic mass is 16.6. The van der Waals surface area contributed by atoms with Gasteiger partial charge in [0.2, 0.25) is 5.91 Å². The van der Waals surface area contributed by atoms with Gasteiger partial charge in [-0.15, -0.1) is 0 Å². The van der Waals surface area contributed by atoms with Crippen LogP contribution in [0.15, 0.2) is 24.3 Å². The molecule has 0 heterocycles. The monoisotopic (exact) mass is 290 g/mol. The molecular formula is C16H22N2O3. The minimum atomic E-state index is -0.526. The highest BCUT2D eigenvalue weighted by Crippen LogP contribution is 2.32. The second-order valence-corrected chi connectivity index (χ2v) is 6.29. The fraction of sp³-hybridized carbons (Fsp3) is 0.500. The molecule has 5 heteroatoms. The van der Waals surface area contributed by atoms with Gasteiger partial charge in [0.05, 0.1) is 0 Å². The summed E-state index contributed by atoms with van der Waals surface area (Å²) in [6.07, 6.45) is 1.62. The number of amides is 2. The van der Waals surface area contributed by atoms with Crippen molar-refractivity contribution in [3.8, 4) is 0 Å². The zero-order chi connectivity index (χ0) is 15.6. The van der Waals surface area contributed by atoms with Crippen molar-refractivity contribution in [2.24, 2.45) is 0 Å². The minimum absolute atomic E-state index is 0.0466. The van der Waals surface area contributed by atoms with Crippen LogP contribution >= 0.6 is 0 Å². The van der Waals surface area contributed by atoms with Crippen molar-refractivity contribution < 1.29 is 14.3 Å². The molecule has 0 aromatic heterocycles. The molecule has 0 spiro atoms. The summed E-state index contributed by atoms with van der Waals surface area (Å²) in [5, 5.41) is 2.67. The van der Waals surface area contributed by atoms with Crippen LogP contribution in [0.25, 0.3) is 0 Å². The van der Waals surface area contributed by atoms with E-state index in [1.165, 1.54) is 0 Å². The largest absolute Gasteiger partial charge is 0.444 e. The summed E-state index contributed by atoms with van der Waals surface area (Å²) in [5.74, 6) is 0.0466. The first-order valence-electron chi connectivity index (χ1n) is 7.16. The van der Waals surface area contributed by atoms with Crippen LogP contribution in [0.2, 0.25) is 0 Å². The average molecular weight is 290 g/mol. The average Bonchev–Trinajstić information content (AvgIpc) is 3.13. The zero-order valence-corrected chi connectivity index (χ0v) is 13.0. The van der Waals surface area contributed by atoms with Crippen molar-refractivity contribution in [1.29, 1.82) is 0 Å². The minimum Gasteiger partial charge on any atom is -0.444 e. The molecule has 1 N–H and O–H groups in total. The number of rotatable bonds is 3.